The second-order valence-electron chi connectivity index (χ2n) is 4.03. The molecule has 18 heavy (non-hydrogen) atoms. The Morgan fingerprint density at radius 2 is 2.22 bits per heavy atom. The molecule has 0 atom stereocenters. The van der Waals surface area contributed by atoms with Gasteiger partial charge < -0.3 is 15.5 Å². The van der Waals surface area contributed by atoms with E-state index in [-0.39, 0.29) is 5.91 Å². The highest BCUT2D eigenvalue weighted by Crippen LogP contribution is 2.01. The third-order valence-electron chi connectivity index (χ3n) is 2.17. The van der Waals surface area contributed by atoms with Gasteiger partial charge in [0.25, 0.3) is 5.91 Å². The van der Waals surface area contributed by atoms with Gasteiger partial charge in [-0.1, -0.05) is 6.08 Å². The first-order chi connectivity index (χ1) is 8.63. The van der Waals surface area contributed by atoms with E-state index in [1.54, 1.807) is 18.2 Å². The lowest BCUT2D eigenvalue weighted by atomic mass is 10.3. The van der Waals surface area contributed by atoms with Crippen molar-refractivity contribution in [2.45, 2.75) is 0 Å². The molecule has 6 nitrogen and oxygen atoms in total. The van der Waals surface area contributed by atoms with Crippen molar-refractivity contribution in [3.05, 3.63) is 30.5 Å². The molecular weight excluding hydrogens is 230 g/mol. The molecule has 0 aromatic carbocycles. The van der Waals surface area contributed by atoms with Crippen LogP contribution in [-0.4, -0.2) is 54.7 Å². The smallest absolute Gasteiger partial charge is 0.272 e. The topological polar surface area (TPSA) is 70.2 Å². The van der Waals surface area contributed by atoms with E-state index < -0.39 is 0 Å². The van der Waals surface area contributed by atoms with E-state index in [1.165, 1.54) is 0 Å². The van der Waals surface area contributed by atoms with E-state index in [9.17, 15) is 4.79 Å². The van der Waals surface area contributed by atoms with E-state index >= 15 is 0 Å². The maximum Gasteiger partial charge on any atom is 0.272 e. The predicted octanol–water partition coefficient (Wildman–Crippen LogP) is 0.366. The number of hydrogen-bond acceptors (Lipinski definition) is 5. The first-order valence-corrected chi connectivity index (χ1v) is 5.75. The van der Waals surface area contributed by atoms with Crippen LogP contribution >= 0.6 is 0 Å². The summed E-state index contributed by atoms with van der Waals surface area (Å²) in [6.45, 7) is 5.63. The quantitative estimate of drug-likeness (QED) is 0.683. The van der Waals surface area contributed by atoms with Crippen molar-refractivity contribution < 1.29 is 4.79 Å². The average molecular weight is 249 g/mol. The van der Waals surface area contributed by atoms with Gasteiger partial charge in [-0.3, -0.25) is 4.79 Å². The second kappa shape index (κ2) is 7.39. The number of amides is 1. The lowest BCUT2D eigenvalue weighted by Gasteiger charge is -2.10. The number of carbonyl (C=O) groups excluding carboxylic acids is 1. The Kier molecular flexibility index (Phi) is 5.79. The van der Waals surface area contributed by atoms with E-state index in [0.717, 1.165) is 13.1 Å². The highest BCUT2D eigenvalue weighted by atomic mass is 16.1. The van der Waals surface area contributed by atoms with Crippen LogP contribution in [-0.2, 0) is 0 Å². The van der Waals surface area contributed by atoms with Crippen LogP contribution in [0, 0.1) is 0 Å². The minimum absolute atomic E-state index is 0.248. The summed E-state index contributed by atoms with van der Waals surface area (Å²) in [4.78, 5) is 13.6. The molecule has 0 bridgehead atoms. The first-order valence-electron chi connectivity index (χ1n) is 5.75. The second-order valence-corrected chi connectivity index (χ2v) is 4.03. The molecule has 1 amide bonds. The molecule has 6 heteroatoms. The molecule has 0 radical (unpaired) electrons. The van der Waals surface area contributed by atoms with Crippen LogP contribution in [0.25, 0.3) is 0 Å². The van der Waals surface area contributed by atoms with E-state index in [4.69, 9.17) is 0 Å². The van der Waals surface area contributed by atoms with Crippen molar-refractivity contribution in [1.82, 2.24) is 20.4 Å². The minimum Gasteiger partial charge on any atom is -0.367 e. The van der Waals surface area contributed by atoms with Gasteiger partial charge >= 0.3 is 0 Å². The van der Waals surface area contributed by atoms with Gasteiger partial charge in [-0.15, -0.1) is 16.8 Å². The zero-order valence-electron chi connectivity index (χ0n) is 10.8. The number of anilines is 1. The largest absolute Gasteiger partial charge is 0.367 e. The molecule has 0 saturated carbocycles. The van der Waals surface area contributed by atoms with Crippen molar-refractivity contribution in [3.8, 4) is 0 Å². The van der Waals surface area contributed by atoms with Gasteiger partial charge in [0.1, 0.15) is 5.82 Å². The van der Waals surface area contributed by atoms with Crippen molar-refractivity contribution in [1.29, 1.82) is 0 Å². The summed E-state index contributed by atoms with van der Waals surface area (Å²) in [5, 5.41) is 13.6. The maximum absolute atomic E-state index is 11.5. The Balaban J connectivity index is 2.46. The first kappa shape index (κ1) is 14.1. The molecule has 2 N–H and O–H groups in total. The van der Waals surface area contributed by atoms with Crippen LogP contribution in [0.15, 0.2) is 24.8 Å². The molecule has 1 aromatic rings. The molecule has 0 fully saturated rings. The molecule has 0 aliphatic rings. The Morgan fingerprint density at radius 1 is 1.44 bits per heavy atom. The number of likely N-dealkylation sites (N-methyl/N-ethyl adjacent to an activating group) is 1. The average Bonchev–Trinajstić information content (AvgIpc) is 2.36. The zero-order valence-corrected chi connectivity index (χ0v) is 10.8. The summed E-state index contributed by atoms with van der Waals surface area (Å²) < 4.78 is 0. The van der Waals surface area contributed by atoms with Gasteiger partial charge in [0.05, 0.1) is 0 Å². The third kappa shape index (κ3) is 4.92. The Hall–Kier alpha value is -1.95. The standard InChI is InChI=1S/C12H19N5O/c1-4-7-14-12(18)10-5-6-11(16-15-10)13-8-9-17(2)3/h4-6H,1,7-9H2,2-3H3,(H,13,16)(H,14,18). The number of rotatable bonds is 7. The Labute approximate surface area is 107 Å². The van der Waals surface area contributed by atoms with Crippen molar-refractivity contribution in [2.24, 2.45) is 0 Å². The van der Waals surface area contributed by atoms with E-state index in [0.29, 0.717) is 18.1 Å². The predicted molar refractivity (Wildman–Crippen MR) is 71.6 cm³/mol. The van der Waals surface area contributed by atoms with Crippen LogP contribution < -0.4 is 10.6 Å². The monoisotopic (exact) mass is 249 g/mol. The Bertz CT molecular complexity index is 388. The zero-order chi connectivity index (χ0) is 13.4. The van der Waals surface area contributed by atoms with Gasteiger partial charge in [-0.05, 0) is 26.2 Å². The van der Waals surface area contributed by atoms with Crippen LogP contribution in [0.4, 0.5) is 5.82 Å². The van der Waals surface area contributed by atoms with Gasteiger partial charge in [0, 0.05) is 19.6 Å². The highest BCUT2D eigenvalue weighted by molar-refractivity contribution is 5.92. The number of hydrogen-bond donors (Lipinski definition) is 2. The normalized spacial score (nSPS) is 10.2. The van der Waals surface area contributed by atoms with Gasteiger partial charge in [-0.25, -0.2) is 0 Å². The fourth-order valence-corrected chi connectivity index (χ4v) is 1.21. The number of nitrogens with one attached hydrogen (secondary N) is 2. The van der Waals surface area contributed by atoms with Crippen molar-refractivity contribution in [3.63, 3.8) is 0 Å². The molecule has 0 unspecified atom stereocenters. The molecule has 1 aromatic heterocycles. The lowest BCUT2D eigenvalue weighted by molar-refractivity contribution is 0.0952. The molecule has 1 heterocycles. The molecule has 1 rings (SSSR count). The summed E-state index contributed by atoms with van der Waals surface area (Å²) >= 11 is 0. The Morgan fingerprint density at radius 3 is 2.78 bits per heavy atom. The van der Waals surface area contributed by atoms with Crippen molar-refractivity contribution >= 4 is 11.7 Å². The lowest BCUT2D eigenvalue weighted by Crippen LogP contribution is -2.25. The molecule has 0 spiro atoms. The SMILES string of the molecule is C=CCNC(=O)c1ccc(NCCN(C)C)nn1. The third-order valence-corrected chi connectivity index (χ3v) is 2.17. The summed E-state index contributed by atoms with van der Waals surface area (Å²) in [5.74, 6) is 0.416. The number of aromatic nitrogens is 2. The molecule has 0 aliphatic carbocycles. The number of carbonyl (C=O) groups is 1. The molecule has 0 saturated heterocycles. The molecular formula is C12H19N5O. The fourth-order valence-electron chi connectivity index (χ4n) is 1.21. The van der Waals surface area contributed by atoms with Crippen molar-refractivity contribution in [2.75, 3.05) is 39.0 Å². The van der Waals surface area contributed by atoms with Crippen LogP contribution in [0.3, 0.4) is 0 Å². The number of nitrogens with zero attached hydrogens (tertiary/aromatic N) is 3. The van der Waals surface area contributed by atoms with Gasteiger partial charge in [0.2, 0.25) is 0 Å². The molecule has 98 valence electrons. The summed E-state index contributed by atoms with van der Waals surface area (Å²) in [5.41, 5.74) is 0.301. The maximum atomic E-state index is 11.5. The minimum atomic E-state index is -0.248. The molecule has 0 aliphatic heterocycles. The van der Waals surface area contributed by atoms with Crippen LogP contribution in [0.1, 0.15) is 10.5 Å². The highest BCUT2D eigenvalue weighted by Gasteiger charge is 2.06. The van der Waals surface area contributed by atoms with E-state index in [1.807, 2.05) is 14.1 Å². The summed E-state index contributed by atoms with van der Waals surface area (Å²) in [6, 6.07) is 3.38. The fraction of sp³-hybridized carbons (Fsp3) is 0.417. The van der Waals surface area contributed by atoms with Crippen LogP contribution in [0.2, 0.25) is 0 Å². The summed E-state index contributed by atoms with van der Waals surface area (Å²) in [6.07, 6.45) is 1.61. The van der Waals surface area contributed by atoms with Gasteiger partial charge in [0.15, 0.2) is 5.69 Å². The summed E-state index contributed by atoms with van der Waals surface area (Å²) in [7, 11) is 4.00. The van der Waals surface area contributed by atoms with E-state index in [2.05, 4.69) is 32.3 Å². The van der Waals surface area contributed by atoms with Gasteiger partial charge in [-0.2, -0.15) is 0 Å². The van der Waals surface area contributed by atoms with Crippen LogP contribution in [0.5, 0.6) is 0 Å².